The summed E-state index contributed by atoms with van der Waals surface area (Å²) in [7, 11) is 0. The number of benzene rings is 3. The molecule has 3 aromatic rings. The third kappa shape index (κ3) is 5.37. The highest BCUT2D eigenvalue weighted by Crippen LogP contribution is 2.40. The summed E-state index contributed by atoms with van der Waals surface area (Å²) in [6, 6.07) is 23.3. The van der Waals surface area contributed by atoms with E-state index in [9.17, 15) is 20.4 Å². The lowest BCUT2D eigenvalue weighted by atomic mass is 9.79. The van der Waals surface area contributed by atoms with Crippen LogP contribution >= 0.6 is 0 Å². The van der Waals surface area contributed by atoms with Crippen molar-refractivity contribution in [3.63, 3.8) is 0 Å². The molecule has 5 N–H and O–H groups in total. The van der Waals surface area contributed by atoms with Crippen molar-refractivity contribution in [2.45, 2.75) is 75.5 Å². The monoisotopic (exact) mass is 517 g/mol. The van der Waals surface area contributed by atoms with E-state index >= 15 is 0 Å². The van der Waals surface area contributed by atoms with Gasteiger partial charge in [0.25, 0.3) is 0 Å². The Labute approximate surface area is 224 Å². The number of nitrogens with one attached hydrogen (secondary N) is 1. The number of hydrogen-bond acceptors (Lipinski definition) is 6. The lowest BCUT2D eigenvalue weighted by Crippen LogP contribution is -2.55. The number of aryl methyl sites for hydroxylation is 1. The molecule has 0 bridgehead atoms. The van der Waals surface area contributed by atoms with Gasteiger partial charge in [0.05, 0.1) is 6.61 Å². The van der Waals surface area contributed by atoms with Gasteiger partial charge in [-0.2, -0.15) is 0 Å². The molecule has 2 aliphatic rings. The molecule has 5 rings (SSSR count). The van der Waals surface area contributed by atoms with Crippen molar-refractivity contribution in [3.05, 3.63) is 100 Å². The molecule has 6 atom stereocenters. The highest BCUT2D eigenvalue weighted by Gasteiger charge is 2.44. The SMILES string of the molecule is CC(C)c1ccc([C@@H]2O[C@H](CO)[C@@H](O)[C@H](O)[C@H]2O)cc1C(Cc1ccccc1)c1ccc2c(c1)NCCC2. The predicted molar refractivity (Wildman–Crippen MR) is 148 cm³/mol. The molecule has 0 spiro atoms. The van der Waals surface area contributed by atoms with Gasteiger partial charge >= 0.3 is 0 Å². The molecule has 1 unspecified atom stereocenters. The van der Waals surface area contributed by atoms with Crippen LogP contribution in [0.15, 0.2) is 66.7 Å². The molecule has 1 fully saturated rings. The normalized spacial score (nSPS) is 26.0. The van der Waals surface area contributed by atoms with Crippen molar-refractivity contribution < 1.29 is 25.2 Å². The smallest absolute Gasteiger partial charge is 0.113 e. The van der Waals surface area contributed by atoms with Gasteiger partial charge in [0, 0.05) is 18.2 Å². The van der Waals surface area contributed by atoms with Crippen LogP contribution in [0.1, 0.15) is 71.6 Å². The first-order chi connectivity index (χ1) is 18.4. The zero-order valence-electron chi connectivity index (χ0n) is 22.1. The minimum atomic E-state index is -1.41. The van der Waals surface area contributed by atoms with E-state index in [1.54, 1.807) is 0 Å². The van der Waals surface area contributed by atoms with E-state index in [1.165, 1.54) is 27.9 Å². The molecule has 0 saturated carbocycles. The summed E-state index contributed by atoms with van der Waals surface area (Å²) < 4.78 is 5.93. The molecule has 0 radical (unpaired) electrons. The molecular formula is C32H39NO5. The summed E-state index contributed by atoms with van der Waals surface area (Å²) in [4.78, 5) is 0. The summed E-state index contributed by atoms with van der Waals surface area (Å²) in [5.74, 6) is 0.316. The summed E-state index contributed by atoms with van der Waals surface area (Å²) in [5, 5.41) is 44.9. The molecule has 38 heavy (non-hydrogen) atoms. The molecule has 6 heteroatoms. The quantitative estimate of drug-likeness (QED) is 0.324. The summed E-state index contributed by atoms with van der Waals surface area (Å²) >= 11 is 0. The van der Waals surface area contributed by atoms with Gasteiger partial charge in [-0.3, -0.25) is 0 Å². The van der Waals surface area contributed by atoms with Crippen LogP contribution in [0.3, 0.4) is 0 Å². The molecule has 0 aromatic heterocycles. The molecule has 3 aromatic carbocycles. The Morgan fingerprint density at radius 1 is 0.895 bits per heavy atom. The van der Waals surface area contributed by atoms with Gasteiger partial charge in [0.15, 0.2) is 0 Å². The first kappa shape index (κ1) is 26.9. The number of rotatable bonds is 7. The van der Waals surface area contributed by atoms with Crippen LogP contribution in [0.4, 0.5) is 5.69 Å². The molecule has 1 saturated heterocycles. The Kier molecular flexibility index (Phi) is 8.17. The first-order valence-corrected chi connectivity index (χ1v) is 13.7. The third-order valence-corrected chi connectivity index (χ3v) is 8.09. The summed E-state index contributed by atoms with van der Waals surface area (Å²) in [6.07, 6.45) is -2.90. The first-order valence-electron chi connectivity index (χ1n) is 13.7. The van der Waals surface area contributed by atoms with Crippen molar-refractivity contribution in [1.29, 1.82) is 0 Å². The lowest BCUT2D eigenvalue weighted by Gasteiger charge is -2.40. The number of aliphatic hydroxyl groups excluding tert-OH is 4. The highest BCUT2D eigenvalue weighted by atomic mass is 16.5. The van der Waals surface area contributed by atoms with Crippen LogP contribution in [0.25, 0.3) is 0 Å². The zero-order valence-corrected chi connectivity index (χ0v) is 22.1. The molecule has 2 heterocycles. The maximum absolute atomic E-state index is 10.8. The topological polar surface area (TPSA) is 102 Å². The Morgan fingerprint density at radius 2 is 1.68 bits per heavy atom. The minimum absolute atomic E-state index is 0.0497. The van der Waals surface area contributed by atoms with Gasteiger partial charge in [-0.15, -0.1) is 0 Å². The van der Waals surface area contributed by atoms with Gasteiger partial charge in [-0.1, -0.05) is 74.5 Å². The Hall–Kier alpha value is -2.74. The Morgan fingerprint density at radius 3 is 2.42 bits per heavy atom. The van der Waals surface area contributed by atoms with Gasteiger partial charge in [0.2, 0.25) is 0 Å². The van der Waals surface area contributed by atoms with Crippen LogP contribution in [0.2, 0.25) is 0 Å². The van der Waals surface area contributed by atoms with Gasteiger partial charge in [-0.05, 0) is 64.6 Å². The fraction of sp³-hybridized carbons (Fsp3) is 0.438. The summed E-state index contributed by atoms with van der Waals surface area (Å²) in [5.41, 5.74) is 8.07. The number of hydrogen-bond donors (Lipinski definition) is 5. The number of ether oxygens (including phenoxy) is 1. The average molecular weight is 518 g/mol. The standard InChI is InChI=1S/C32H39NO5/c1-19(2)24-13-12-23(32-31(37)30(36)29(35)28(18-34)38-32)16-26(24)25(15-20-7-4-3-5-8-20)22-11-10-21-9-6-14-33-27(21)17-22/h3-5,7-8,10-13,16-17,19,25,28-37H,6,9,14-15,18H2,1-2H3/t25?,28-,29-,30+,31-,32+/m1/s1. The number of fused-ring (bicyclic) bond motifs is 1. The van der Waals surface area contributed by atoms with Crippen molar-refractivity contribution >= 4 is 5.69 Å². The molecule has 6 nitrogen and oxygen atoms in total. The fourth-order valence-electron chi connectivity index (χ4n) is 5.93. The van der Waals surface area contributed by atoms with Crippen molar-refractivity contribution in [3.8, 4) is 0 Å². The van der Waals surface area contributed by atoms with E-state index in [1.807, 2.05) is 12.1 Å². The maximum atomic E-state index is 10.8. The lowest BCUT2D eigenvalue weighted by molar-refractivity contribution is -0.231. The summed E-state index contributed by atoms with van der Waals surface area (Å²) in [6.45, 7) is 4.89. The molecule has 0 aliphatic carbocycles. The largest absolute Gasteiger partial charge is 0.394 e. The van der Waals surface area contributed by atoms with E-state index in [0.717, 1.165) is 36.9 Å². The second-order valence-electron chi connectivity index (χ2n) is 11.0. The molecular weight excluding hydrogens is 478 g/mol. The van der Waals surface area contributed by atoms with Crippen LogP contribution < -0.4 is 5.32 Å². The predicted octanol–water partition coefficient (Wildman–Crippen LogP) is 4.06. The zero-order chi connectivity index (χ0) is 26.8. The van der Waals surface area contributed by atoms with E-state index < -0.39 is 37.1 Å². The van der Waals surface area contributed by atoms with E-state index in [4.69, 9.17) is 4.74 Å². The van der Waals surface area contributed by atoms with E-state index in [0.29, 0.717) is 0 Å². The molecule has 2 aliphatic heterocycles. The van der Waals surface area contributed by atoms with E-state index in [2.05, 4.69) is 73.8 Å². The van der Waals surface area contributed by atoms with Crippen molar-refractivity contribution in [2.75, 3.05) is 18.5 Å². The second-order valence-corrected chi connectivity index (χ2v) is 11.0. The van der Waals surface area contributed by atoms with Crippen LogP contribution in [0, 0.1) is 0 Å². The fourth-order valence-corrected chi connectivity index (χ4v) is 5.93. The van der Waals surface area contributed by atoms with Crippen LogP contribution in [-0.4, -0.2) is 58.0 Å². The van der Waals surface area contributed by atoms with Crippen molar-refractivity contribution in [1.82, 2.24) is 0 Å². The number of aliphatic hydroxyl groups is 4. The Bertz CT molecular complexity index is 1230. The van der Waals surface area contributed by atoms with Crippen LogP contribution in [-0.2, 0) is 17.6 Å². The average Bonchev–Trinajstić information content (AvgIpc) is 2.95. The van der Waals surface area contributed by atoms with Crippen LogP contribution in [0.5, 0.6) is 0 Å². The minimum Gasteiger partial charge on any atom is -0.394 e. The molecule has 202 valence electrons. The van der Waals surface area contributed by atoms with Gasteiger partial charge in [-0.25, -0.2) is 0 Å². The molecule has 0 amide bonds. The van der Waals surface area contributed by atoms with Gasteiger partial charge < -0.3 is 30.5 Å². The van der Waals surface area contributed by atoms with Crippen molar-refractivity contribution in [2.24, 2.45) is 0 Å². The number of anilines is 1. The van der Waals surface area contributed by atoms with Gasteiger partial charge in [0.1, 0.15) is 30.5 Å². The highest BCUT2D eigenvalue weighted by molar-refractivity contribution is 5.57. The second kappa shape index (κ2) is 11.6. The van der Waals surface area contributed by atoms with E-state index in [-0.39, 0.29) is 11.8 Å². The third-order valence-electron chi connectivity index (χ3n) is 8.09. The Balaban J connectivity index is 1.61. The maximum Gasteiger partial charge on any atom is 0.113 e.